The summed E-state index contributed by atoms with van der Waals surface area (Å²) in [5, 5.41) is 7.81. The van der Waals surface area contributed by atoms with Crippen molar-refractivity contribution in [2.24, 2.45) is 0 Å². The molecule has 5 rings (SSSR count). The zero-order valence-corrected chi connectivity index (χ0v) is 17.9. The number of rotatable bonds is 5. The van der Waals surface area contributed by atoms with Gasteiger partial charge >= 0.3 is 0 Å². The van der Waals surface area contributed by atoms with Crippen LogP contribution in [0.5, 0.6) is 0 Å². The number of aromatic nitrogens is 2. The lowest BCUT2D eigenvalue weighted by molar-refractivity contribution is 0.0944. The number of para-hydroxylation sites is 1. The van der Waals surface area contributed by atoms with Crippen LogP contribution in [-0.2, 0) is 24.1 Å². The van der Waals surface area contributed by atoms with Gasteiger partial charge in [-0.2, -0.15) is 5.10 Å². The largest absolute Gasteiger partial charge is 0.378 e. The summed E-state index contributed by atoms with van der Waals surface area (Å²) in [4.78, 5) is 15.3. The van der Waals surface area contributed by atoms with Crippen molar-refractivity contribution >= 4 is 11.6 Å². The molecule has 6 heteroatoms. The number of carbonyl (C=O) groups excluding carboxylic acids is 1. The Labute approximate surface area is 182 Å². The Kier molecular flexibility index (Phi) is 5.47. The van der Waals surface area contributed by atoms with Gasteiger partial charge in [0.2, 0.25) is 0 Å². The number of nitrogens with zero attached hydrogens (tertiary/aromatic N) is 3. The number of aryl methyl sites for hydroxylation is 1. The average molecular weight is 417 g/mol. The van der Waals surface area contributed by atoms with Crippen LogP contribution in [-0.4, -0.2) is 42.0 Å². The highest BCUT2D eigenvalue weighted by Gasteiger charge is 2.27. The molecule has 3 aromatic rings. The Bertz CT molecular complexity index is 1080. The highest BCUT2D eigenvalue weighted by atomic mass is 16.5. The van der Waals surface area contributed by atoms with Gasteiger partial charge in [0.25, 0.3) is 5.91 Å². The molecule has 2 heterocycles. The van der Waals surface area contributed by atoms with Crippen molar-refractivity contribution in [2.75, 3.05) is 31.2 Å². The van der Waals surface area contributed by atoms with Gasteiger partial charge in [0.15, 0.2) is 5.69 Å². The number of carbonyl (C=O) groups is 1. The molecule has 0 saturated carbocycles. The summed E-state index contributed by atoms with van der Waals surface area (Å²) in [5.41, 5.74) is 7.34. The predicted molar refractivity (Wildman–Crippen MR) is 121 cm³/mol. The maximum absolute atomic E-state index is 13.0. The Morgan fingerprint density at radius 2 is 1.84 bits per heavy atom. The zero-order valence-electron chi connectivity index (χ0n) is 17.9. The van der Waals surface area contributed by atoms with E-state index in [4.69, 9.17) is 9.84 Å². The van der Waals surface area contributed by atoms with Crippen LogP contribution < -0.4 is 10.2 Å². The first-order valence-electron chi connectivity index (χ1n) is 11.1. The van der Waals surface area contributed by atoms with Crippen LogP contribution in [0, 0.1) is 6.92 Å². The first-order chi connectivity index (χ1) is 15.2. The first-order valence-corrected chi connectivity index (χ1v) is 11.1. The summed E-state index contributed by atoms with van der Waals surface area (Å²) >= 11 is 0. The number of hydrogen-bond acceptors (Lipinski definition) is 4. The fourth-order valence-electron chi connectivity index (χ4n) is 4.53. The van der Waals surface area contributed by atoms with Crippen molar-refractivity contribution in [1.82, 2.24) is 15.1 Å². The minimum absolute atomic E-state index is 0.0947. The summed E-state index contributed by atoms with van der Waals surface area (Å²) in [6.07, 6.45) is 2.95. The third-order valence-electron chi connectivity index (χ3n) is 6.25. The average Bonchev–Trinajstić information content (AvgIpc) is 3.42. The molecule has 0 spiro atoms. The Morgan fingerprint density at radius 3 is 2.61 bits per heavy atom. The number of fused-ring (bicyclic) bond motifs is 1. The van der Waals surface area contributed by atoms with Gasteiger partial charge in [0.1, 0.15) is 0 Å². The van der Waals surface area contributed by atoms with Crippen LogP contribution in [0.2, 0.25) is 0 Å². The van der Waals surface area contributed by atoms with Crippen molar-refractivity contribution in [3.8, 4) is 5.69 Å². The van der Waals surface area contributed by atoms with Crippen molar-refractivity contribution < 1.29 is 9.53 Å². The van der Waals surface area contributed by atoms with Crippen molar-refractivity contribution in [1.29, 1.82) is 0 Å². The molecule has 2 aromatic carbocycles. The fraction of sp³-hybridized carbons (Fsp3) is 0.360. The number of ether oxygens (including phenoxy) is 1. The highest BCUT2D eigenvalue weighted by molar-refractivity contribution is 5.94. The number of benzene rings is 2. The molecule has 0 bridgehead atoms. The van der Waals surface area contributed by atoms with Crippen LogP contribution in [0.3, 0.4) is 0 Å². The lowest BCUT2D eigenvalue weighted by atomic mass is 10.1. The quantitative estimate of drug-likeness (QED) is 0.692. The van der Waals surface area contributed by atoms with Gasteiger partial charge in [-0.3, -0.25) is 4.79 Å². The van der Waals surface area contributed by atoms with Crippen LogP contribution in [0.15, 0.2) is 48.5 Å². The third-order valence-corrected chi connectivity index (χ3v) is 6.25. The standard InChI is InChI=1S/C25H28N4O2/c1-18-5-2-3-7-22(18)29-23-8-4-6-21(23)24(27-29)25(30)26-17-19-9-11-20(12-10-19)28-13-15-31-16-14-28/h2-3,5,7,9-12H,4,6,8,13-17H2,1H3,(H,26,30). The smallest absolute Gasteiger partial charge is 0.272 e. The van der Waals surface area contributed by atoms with Crippen molar-refractivity contribution in [2.45, 2.75) is 32.7 Å². The van der Waals surface area contributed by atoms with E-state index in [1.807, 2.05) is 16.8 Å². The lowest BCUT2D eigenvalue weighted by Crippen LogP contribution is -2.36. The fourth-order valence-corrected chi connectivity index (χ4v) is 4.53. The van der Waals surface area contributed by atoms with Crippen LogP contribution in [0.25, 0.3) is 5.69 Å². The van der Waals surface area contributed by atoms with Gasteiger partial charge in [-0.05, 0) is 55.5 Å². The van der Waals surface area contributed by atoms with Gasteiger partial charge in [0, 0.05) is 36.6 Å². The van der Waals surface area contributed by atoms with E-state index in [9.17, 15) is 4.79 Å². The minimum atomic E-state index is -0.0947. The molecule has 0 unspecified atom stereocenters. The van der Waals surface area contributed by atoms with Gasteiger partial charge in [-0.1, -0.05) is 30.3 Å². The summed E-state index contributed by atoms with van der Waals surface area (Å²) in [6, 6.07) is 16.6. The molecule has 1 aromatic heterocycles. The second-order valence-electron chi connectivity index (χ2n) is 8.27. The second kappa shape index (κ2) is 8.55. The molecular formula is C25H28N4O2. The monoisotopic (exact) mass is 416 g/mol. The molecule has 2 aliphatic rings. The first kappa shape index (κ1) is 19.8. The number of morpholine rings is 1. The normalized spacial score (nSPS) is 15.7. The minimum Gasteiger partial charge on any atom is -0.378 e. The van der Waals surface area contributed by atoms with Crippen molar-refractivity contribution in [3.63, 3.8) is 0 Å². The van der Waals surface area contributed by atoms with E-state index in [2.05, 4.69) is 53.5 Å². The number of hydrogen-bond donors (Lipinski definition) is 1. The molecule has 1 amide bonds. The molecule has 1 fully saturated rings. The summed E-state index contributed by atoms with van der Waals surface area (Å²) in [5.74, 6) is -0.0947. The molecule has 1 N–H and O–H groups in total. The summed E-state index contributed by atoms with van der Waals surface area (Å²) < 4.78 is 7.40. The van der Waals surface area contributed by atoms with Crippen LogP contribution in [0.4, 0.5) is 5.69 Å². The Balaban J connectivity index is 1.30. The van der Waals surface area contributed by atoms with E-state index in [-0.39, 0.29) is 5.91 Å². The Morgan fingerprint density at radius 1 is 1.06 bits per heavy atom. The van der Waals surface area contributed by atoms with E-state index in [1.54, 1.807) is 0 Å². The molecule has 1 aliphatic carbocycles. The van der Waals surface area contributed by atoms with Crippen molar-refractivity contribution in [3.05, 3.63) is 76.6 Å². The molecule has 160 valence electrons. The molecule has 6 nitrogen and oxygen atoms in total. The molecule has 31 heavy (non-hydrogen) atoms. The highest BCUT2D eigenvalue weighted by Crippen LogP contribution is 2.29. The lowest BCUT2D eigenvalue weighted by Gasteiger charge is -2.28. The number of nitrogens with one attached hydrogen (secondary N) is 1. The van der Waals surface area contributed by atoms with Gasteiger partial charge in [-0.15, -0.1) is 0 Å². The molecule has 0 atom stereocenters. The molecule has 1 saturated heterocycles. The maximum Gasteiger partial charge on any atom is 0.272 e. The third kappa shape index (κ3) is 3.95. The zero-order chi connectivity index (χ0) is 21.2. The van der Waals surface area contributed by atoms with Crippen LogP contribution in [0.1, 0.15) is 39.3 Å². The van der Waals surface area contributed by atoms with E-state index >= 15 is 0 Å². The maximum atomic E-state index is 13.0. The summed E-state index contributed by atoms with van der Waals surface area (Å²) in [6.45, 7) is 5.97. The van der Waals surface area contributed by atoms with Gasteiger partial charge in [-0.25, -0.2) is 4.68 Å². The number of anilines is 1. The topological polar surface area (TPSA) is 59.4 Å². The van der Waals surface area contributed by atoms with Crippen LogP contribution >= 0.6 is 0 Å². The van der Waals surface area contributed by atoms with Gasteiger partial charge in [0.05, 0.1) is 18.9 Å². The van der Waals surface area contributed by atoms with E-state index in [1.165, 1.54) is 11.4 Å². The number of amides is 1. The van der Waals surface area contributed by atoms with E-state index < -0.39 is 0 Å². The van der Waals surface area contributed by atoms with Gasteiger partial charge < -0.3 is 15.0 Å². The molecular weight excluding hydrogens is 388 g/mol. The van der Waals surface area contributed by atoms with E-state index in [0.717, 1.165) is 67.9 Å². The molecule has 0 radical (unpaired) electrons. The Hall–Kier alpha value is -3.12. The molecule has 1 aliphatic heterocycles. The summed E-state index contributed by atoms with van der Waals surface area (Å²) in [7, 11) is 0. The second-order valence-corrected chi connectivity index (χ2v) is 8.27. The predicted octanol–water partition coefficient (Wildman–Crippen LogP) is 3.44. The SMILES string of the molecule is Cc1ccccc1-n1nc(C(=O)NCc2ccc(N3CCOCC3)cc2)c2c1CCC2. The van der Waals surface area contributed by atoms with E-state index in [0.29, 0.717) is 12.2 Å².